The van der Waals surface area contributed by atoms with E-state index in [0.29, 0.717) is 19.5 Å². The van der Waals surface area contributed by atoms with Crippen molar-refractivity contribution in [2.24, 2.45) is 0 Å². The summed E-state index contributed by atoms with van der Waals surface area (Å²) in [5, 5.41) is 12.8. The Balaban J connectivity index is 1.39. The van der Waals surface area contributed by atoms with Crippen molar-refractivity contribution in [2.45, 2.75) is 52.1 Å². The second-order valence-corrected chi connectivity index (χ2v) is 7.89. The van der Waals surface area contributed by atoms with Crippen LogP contribution in [-0.4, -0.2) is 31.8 Å². The van der Waals surface area contributed by atoms with Crippen LogP contribution < -0.4 is 5.32 Å². The van der Waals surface area contributed by atoms with Crippen molar-refractivity contribution in [3.05, 3.63) is 46.1 Å². The first-order valence-corrected chi connectivity index (χ1v) is 10.4. The molecule has 2 aromatic heterocycles. The topological polar surface area (TPSA) is 64.7 Å². The number of halogens is 1. The summed E-state index contributed by atoms with van der Waals surface area (Å²) < 4.78 is 5.34. The van der Waals surface area contributed by atoms with Crippen molar-refractivity contribution in [1.82, 2.24) is 24.6 Å². The lowest BCUT2D eigenvalue weighted by Gasteiger charge is -2.10. The van der Waals surface area contributed by atoms with Crippen LogP contribution in [0.25, 0.3) is 10.9 Å². The summed E-state index contributed by atoms with van der Waals surface area (Å²) in [4.78, 5) is 12.5. The lowest BCUT2D eigenvalue weighted by Crippen LogP contribution is -2.30. The molecule has 0 spiro atoms. The van der Waals surface area contributed by atoms with Crippen LogP contribution in [0.15, 0.2) is 28.7 Å². The SMILES string of the molecule is Cc1c(Br)c2ccccc2n1CC(=O)NCCc1nnc2n1CCCCC2. The number of aromatic nitrogens is 4. The fourth-order valence-corrected chi connectivity index (χ4v) is 4.39. The Hall–Kier alpha value is -2.15. The molecule has 0 saturated heterocycles. The van der Waals surface area contributed by atoms with Crippen LogP contribution in [0.4, 0.5) is 0 Å². The predicted octanol–water partition coefficient (Wildman–Crippen LogP) is 3.39. The quantitative estimate of drug-likeness (QED) is 0.675. The van der Waals surface area contributed by atoms with Gasteiger partial charge in [-0.1, -0.05) is 24.6 Å². The van der Waals surface area contributed by atoms with E-state index >= 15 is 0 Å². The van der Waals surface area contributed by atoms with E-state index in [9.17, 15) is 4.79 Å². The van der Waals surface area contributed by atoms with Gasteiger partial charge in [-0.25, -0.2) is 0 Å². The van der Waals surface area contributed by atoms with Crippen LogP contribution in [0, 0.1) is 6.92 Å². The van der Waals surface area contributed by atoms with Crippen molar-refractivity contribution < 1.29 is 4.79 Å². The number of benzene rings is 1. The highest BCUT2D eigenvalue weighted by atomic mass is 79.9. The van der Waals surface area contributed by atoms with Gasteiger partial charge in [-0.05, 0) is 41.8 Å². The van der Waals surface area contributed by atoms with Gasteiger partial charge in [0.25, 0.3) is 0 Å². The molecular weight excluding hydrogens is 406 g/mol. The first-order valence-electron chi connectivity index (χ1n) is 9.56. The van der Waals surface area contributed by atoms with E-state index < -0.39 is 0 Å². The minimum Gasteiger partial charge on any atom is -0.354 e. The van der Waals surface area contributed by atoms with E-state index in [0.717, 1.165) is 45.7 Å². The van der Waals surface area contributed by atoms with Gasteiger partial charge in [-0.3, -0.25) is 4.79 Å². The van der Waals surface area contributed by atoms with Crippen LogP contribution in [0.1, 0.15) is 36.6 Å². The second kappa shape index (κ2) is 7.84. The van der Waals surface area contributed by atoms with Gasteiger partial charge < -0.3 is 14.5 Å². The molecule has 1 aliphatic heterocycles. The number of carbonyl (C=O) groups excluding carboxylic acids is 1. The maximum Gasteiger partial charge on any atom is 0.239 e. The van der Waals surface area contributed by atoms with Crippen molar-refractivity contribution >= 4 is 32.7 Å². The Morgan fingerprint density at radius 3 is 2.96 bits per heavy atom. The Kier molecular flexibility index (Phi) is 5.29. The summed E-state index contributed by atoms with van der Waals surface area (Å²) in [7, 11) is 0. The van der Waals surface area contributed by atoms with E-state index in [-0.39, 0.29) is 5.91 Å². The summed E-state index contributed by atoms with van der Waals surface area (Å²) in [6.07, 6.45) is 5.34. The molecule has 27 heavy (non-hydrogen) atoms. The molecule has 1 aliphatic rings. The molecule has 0 unspecified atom stereocenters. The third kappa shape index (κ3) is 3.65. The molecule has 1 N–H and O–H groups in total. The summed E-state index contributed by atoms with van der Waals surface area (Å²) in [5.74, 6) is 2.09. The largest absolute Gasteiger partial charge is 0.354 e. The molecule has 0 bridgehead atoms. The minimum absolute atomic E-state index is 0.0157. The maximum atomic E-state index is 12.5. The van der Waals surface area contributed by atoms with Gasteiger partial charge in [0.05, 0.1) is 0 Å². The molecule has 4 rings (SSSR count). The second-order valence-electron chi connectivity index (χ2n) is 7.10. The highest BCUT2D eigenvalue weighted by molar-refractivity contribution is 9.10. The van der Waals surface area contributed by atoms with Gasteiger partial charge in [-0.2, -0.15) is 0 Å². The van der Waals surface area contributed by atoms with Gasteiger partial charge in [0.2, 0.25) is 5.91 Å². The van der Waals surface area contributed by atoms with Crippen LogP contribution >= 0.6 is 15.9 Å². The van der Waals surface area contributed by atoms with Gasteiger partial charge in [-0.15, -0.1) is 10.2 Å². The van der Waals surface area contributed by atoms with Crippen LogP contribution in [0.2, 0.25) is 0 Å². The summed E-state index contributed by atoms with van der Waals surface area (Å²) in [5.41, 5.74) is 2.13. The zero-order valence-electron chi connectivity index (χ0n) is 15.5. The lowest BCUT2D eigenvalue weighted by molar-refractivity contribution is -0.121. The van der Waals surface area contributed by atoms with Crippen LogP contribution in [0.3, 0.4) is 0 Å². The van der Waals surface area contributed by atoms with Crippen LogP contribution in [0.5, 0.6) is 0 Å². The number of rotatable bonds is 5. The molecular formula is C20H24BrN5O. The molecule has 1 aromatic carbocycles. The van der Waals surface area contributed by atoms with E-state index in [1.165, 1.54) is 19.3 Å². The number of hydrogen-bond donors (Lipinski definition) is 1. The number of para-hydroxylation sites is 1. The molecule has 3 aromatic rings. The van der Waals surface area contributed by atoms with Gasteiger partial charge in [0.1, 0.15) is 18.2 Å². The van der Waals surface area contributed by atoms with Gasteiger partial charge in [0.15, 0.2) is 0 Å². The highest BCUT2D eigenvalue weighted by Crippen LogP contribution is 2.30. The minimum atomic E-state index is 0.0157. The normalized spacial score (nSPS) is 14.1. The van der Waals surface area contributed by atoms with E-state index in [2.05, 4.69) is 46.6 Å². The third-order valence-corrected chi connectivity index (χ3v) is 6.31. The first-order chi connectivity index (χ1) is 13.1. The van der Waals surface area contributed by atoms with Crippen molar-refractivity contribution in [1.29, 1.82) is 0 Å². The number of fused-ring (bicyclic) bond motifs is 2. The zero-order chi connectivity index (χ0) is 18.8. The fraction of sp³-hybridized carbons (Fsp3) is 0.450. The Labute approximate surface area is 167 Å². The first kappa shape index (κ1) is 18.2. The molecule has 1 amide bonds. The fourth-order valence-electron chi connectivity index (χ4n) is 3.84. The molecule has 0 fully saturated rings. The Morgan fingerprint density at radius 2 is 2.07 bits per heavy atom. The van der Waals surface area contributed by atoms with Crippen molar-refractivity contribution in [3.8, 4) is 0 Å². The van der Waals surface area contributed by atoms with E-state index in [1.54, 1.807) is 0 Å². The third-order valence-electron chi connectivity index (χ3n) is 5.31. The van der Waals surface area contributed by atoms with Gasteiger partial charge in [0, 0.05) is 47.0 Å². The van der Waals surface area contributed by atoms with Crippen LogP contribution in [-0.2, 0) is 30.7 Å². The average Bonchev–Trinajstić information content (AvgIpc) is 3.04. The lowest BCUT2D eigenvalue weighted by atomic mass is 10.2. The molecule has 0 aliphatic carbocycles. The average molecular weight is 430 g/mol. The summed E-state index contributed by atoms with van der Waals surface area (Å²) >= 11 is 3.64. The predicted molar refractivity (Wildman–Crippen MR) is 109 cm³/mol. The monoisotopic (exact) mass is 429 g/mol. The number of amides is 1. The Morgan fingerprint density at radius 1 is 1.22 bits per heavy atom. The molecule has 6 nitrogen and oxygen atoms in total. The molecule has 0 atom stereocenters. The molecule has 0 saturated carbocycles. The number of carbonyl (C=O) groups is 1. The van der Waals surface area contributed by atoms with Crippen molar-refractivity contribution in [2.75, 3.05) is 6.54 Å². The Bertz CT molecular complexity index is 974. The van der Waals surface area contributed by atoms with E-state index in [4.69, 9.17) is 0 Å². The number of hydrogen-bond acceptors (Lipinski definition) is 3. The zero-order valence-corrected chi connectivity index (χ0v) is 17.1. The summed E-state index contributed by atoms with van der Waals surface area (Å²) in [6, 6.07) is 8.13. The van der Waals surface area contributed by atoms with Crippen molar-refractivity contribution in [3.63, 3.8) is 0 Å². The number of nitrogens with one attached hydrogen (secondary N) is 1. The van der Waals surface area contributed by atoms with E-state index in [1.807, 2.05) is 25.1 Å². The molecule has 3 heterocycles. The standard InChI is InChI=1S/C20H24BrN5O/c1-14-20(21)15-7-4-5-8-16(15)26(14)13-19(27)22-11-10-18-24-23-17-9-3-2-6-12-25(17)18/h4-5,7-8H,2-3,6,9-13H2,1H3,(H,22,27). The highest BCUT2D eigenvalue weighted by Gasteiger charge is 2.16. The number of nitrogens with zero attached hydrogens (tertiary/aromatic N) is 4. The maximum absolute atomic E-state index is 12.5. The molecule has 7 heteroatoms. The smallest absolute Gasteiger partial charge is 0.239 e. The number of aryl methyl sites for hydroxylation is 1. The molecule has 142 valence electrons. The van der Waals surface area contributed by atoms with Gasteiger partial charge >= 0.3 is 0 Å². The summed E-state index contributed by atoms with van der Waals surface area (Å²) in [6.45, 7) is 3.92. The molecule has 0 radical (unpaired) electrons.